The highest BCUT2D eigenvalue weighted by atomic mass is 127. The molecule has 96 valence electrons. The maximum absolute atomic E-state index is 5.49. The summed E-state index contributed by atoms with van der Waals surface area (Å²) in [5, 5.41) is 0. The van der Waals surface area contributed by atoms with Gasteiger partial charge in [0.2, 0.25) is 0 Å². The predicted octanol–water partition coefficient (Wildman–Crippen LogP) is 4.05. The van der Waals surface area contributed by atoms with Gasteiger partial charge >= 0.3 is 0 Å². The lowest BCUT2D eigenvalue weighted by atomic mass is 9.85. The molecule has 0 fully saturated rings. The summed E-state index contributed by atoms with van der Waals surface area (Å²) in [6.07, 6.45) is 0. The van der Waals surface area contributed by atoms with E-state index in [0.717, 1.165) is 9.13 Å². The van der Waals surface area contributed by atoms with Gasteiger partial charge in [-0.25, -0.2) is 0 Å². The van der Waals surface area contributed by atoms with Crippen LogP contribution in [0.5, 0.6) is 0 Å². The number of halogens is 1. The second-order valence-corrected chi connectivity index (χ2v) is 6.46. The van der Waals surface area contributed by atoms with E-state index in [2.05, 4.69) is 61.6 Å². The molecular formula is C14H21IO2. The van der Waals surface area contributed by atoms with Crippen LogP contribution < -0.4 is 0 Å². The summed E-state index contributed by atoms with van der Waals surface area (Å²) < 4.78 is 12.1. The van der Waals surface area contributed by atoms with Crippen LogP contribution in [0.25, 0.3) is 0 Å². The van der Waals surface area contributed by atoms with E-state index in [1.807, 2.05) is 6.92 Å². The fourth-order valence-electron chi connectivity index (χ4n) is 1.64. The average Bonchev–Trinajstić information content (AvgIpc) is 2.27. The van der Waals surface area contributed by atoms with Gasteiger partial charge in [-0.1, -0.05) is 26.8 Å². The van der Waals surface area contributed by atoms with Crippen LogP contribution in [0.1, 0.15) is 38.8 Å². The van der Waals surface area contributed by atoms with E-state index in [1.54, 1.807) is 14.2 Å². The molecule has 1 aromatic rings. The van der Waals surface area contributed by atoms with E-state index >= 15 is 0 Å². The minimum absolute atomic E-state index is 0.126. The van der Waals surface area contributed by atoms with Crippen molar-refractivity contribution in [2.24, 2.45) is 0 Å². The lowest BCUT2D eigenvalue weighted by Crippen LogP contribution is -2.28. The Labute approximate surface area is 118 Å². The van der Waals surface area contributed by atoms with Crippen molar-refractivity contribution in [3.8, 4) is 0 Å². The van der Waals surface area contributed by atoms with Gasteiger partial charge in [-0.2, -0.15) is 0 Å². The van der Waals surface area contributed by atoms with Crippen LogP contribution in [0, 0.1) is 3.57 Å². The third kappa shape index (κ3) is 3.20. The largest absolute Gasteiger partial charge is 0.349 e. The van der Waals surface area contributed by atoms with Gasteiger partial charge in [0.15, 0.2) is 5.79 Å². The predicted molar refractivity (Wildman–Crippen MR) is 79.2 cm³/mol. The van der Waals surface area contributed by atoms with E-state index < -0.39 is 5.79 Å². The van der Waals surface area contributed by atoms with Crippen LogP contribution in [0.2, 0.25) is 0 Å². The smallest absolute Gasteiger partial charge is 0.192 e. The Kier molecular flexibility index (Phi) is 4.60. The Morgan fingerprint density at radius 3 is 1.94 bits per heavy atom. The Balaban J connectivity index is 3.33. The molecule has 1 rings (SSSR count). The van der Waals surface area contributed by atoms with Gasteiger partial charge in [0.05, 0.1) is 0 Å². The first kappa shape index (κ1) is 14.9. The van der Waals surface area contributed by atoms with Crippen LogP contribution in [-0.2, 0) is 20.7 Å². The molecule has 0 N–H and O–H groups in total. The molecule has 0 saturated carbocycles. The first-order valence-corrected chi connectivity index (χ1v) is 6.73. The van der Waals surface area contributed by atoms with Crippen LogP contribution in [0.4, 0.5) is 0 Å². The highest BCUT2D eigenvalue weighted by Crippen LogP contribution is 2.33. The fourth-order valence-corrected chi connectivity index (χ4v) is 2.47. The maximum Gasteiger partial charge on any atom is 0.192 e. The van der Waals surface area contributed by atoms with Gasteiger partial charge in [-0.3, -0.25) is 0 Å². The van der Waals surface area contributed by atoms with Crippen molar-refractivity contribution < 1.29 is 9.47 Å². The van der Waals surface area contributed by atoms with Gasteiger partial charge < -0.3 is 9.47 Å². The lowest BCUT2D eigenvalue weighted by molar-refractivity contribution is -0.202. The molecule has 0 radical (unpaired) electrons. The summed E-state index contributed by atoms with van der Waals surface area (Å²) in [6.45, 7) is 8.55. The zero-order chi connectivity index (χ0) is 13.3. The van der Waals surface area contributed by atoms with E-state index in [0.29, 0.717) is 0 Å². The third-order valence-corrected chi connectivity index (χ3v) is 4.04. The molecule has 17 heavy (non-hydrogen) atoms. The molecule has 0 spiro atoms. The molecule has 0 atom stereocenters. The van der Waals surface area contributed by atoms with Crippen molar-refractivity contribution in [2.45, 2.75) is 38.9 Å². The summed E-state index contributed by atoms with van der Waals surface area (Å²) >= 11 is 2.32. The van der Waals surface area contributed by atoms with Crippen LogP contribution in [-0.4, -0.2) is 14.2 Å². The number of ether oxygens (including phenoxy) is 2. The van der Waals surface area contributed by atoms with Crippen molar-refractivity contribution >= 4 is 22.6 Å². The number of hydrogen-bond donors (Lipinski definition) is 0. The molecule has 0 unspecified atom stereocenters. The van der Waals surface area contributed by atoms with E-state index in [4.69, 9.17) is 9.47 Å². The standard InChI is InChI=1S/C14H21IO2/c1-13(2,3)10-7-8-12(15)11(9-10)14(4,16-5)17-6/h7-9H,1-6H3. The SMILES string of the molecule is COC(C)(OC)c1cc(C(C)(C)C)ccc1I. The number of hydrogen-bond acceptors (Lipinski definition) is 2. The normalized spacial score (nSPS) is 12.9. The molecular weight excluding hydrogens is 327 g/mol. The van der Waals surface area contributed by atoms with Gasteiger partial charge in [0, 0.05) is 23.4 Å². The monoisotopic (exact) mass is 348 g/mol. The van der Waals surface area contributed by atoms with Gasteiger partial charge in [-0.05, 0) is 52.6 Å². The van der Waals surface area contributed by atoms with Crippen molar-refractivity contribution in [3.63, 3.8) is 0 Å². The third-order valence-electron chi connectivity index (χ3n) is 3.10. The molecule has 0 aliphatic heterocycles. The highest BCUT2D eigenvalue weighted by Gasteiger charge is 2.29. The minimum Gasteiger partial charge on any atom is -0.349 e. The Morgan fingerprint density at radius 2 is 1.53 bits per heavy atom. The van der Waals surface area contributed by atoms with Crippen molar-refractivity contribution in [3.05, 3.63) is 32.9 Å². The summed E-state index contributed by atoms with van der Waals surface area (Å²) in [4.78, 5) is 0. The average molecular weight is 348 g/mol. The number of rotatable bonds is 3. The highest BCUT2D eigenvalue weighted by molar-refractivity contribution is 14.1. The molecule has 0 aliphatic carbocycles. The number of methoxy groups -OCH3 is 2. The van der Waals surface area contributed by atoms with Gasteiger partial charge in [-0.15, -0.1) is 0 Å². The summed E-state index contributed by atoms with van der Waals surface area (Å²) in [5.74, 6) is -0.683. The fraction of sp³-hybridized carbons (Fsp3) is 0.571. The molecule has 0 aliphatic rings. The first-order chi connectivity index (χ1) is 7.74. The maximum atomic E-state index is 5.49. The minimum atomic E-state index is -0.683. The quantitative estimate of drug-likeness (QED) is 0.606. The first-order valence-electron chi connectivity index (χ1n) is 5.65. The Hall–Kier alpha value is -0.130. The van der Waals surface area contributed by atoms with Gasteiger partial charge in [0.1, 0.15) is 0 Å². The molecule has 3 heteroatoms. The molecule has 0 amide bonds. The van der Waals surface area contributed by atoms with Gasteiger partial charge in [0.25, 0.3) is 0 Å². The van der Waals surface area contributed by atoms with Crippen molar-refractivity contribution in [1.29, 1.82) is 0 Å². The number of benzene rings is 1. The van der Waals surface area contributed by atoms with Crippen molar-refractivity contribution in [1.82, 2.24) is 0 Å². The Morgan fingerprint density at radius 1 is 1.00 bits per heavy atom. The molecule has 0 heterocycles. The van der Waals surface area contributed by atoms with E-state index in [1.165, 1.54) is 5.56 Å². The zero-order valence-corrected chi connectivity index (χ0v) is 13.6. The molecule has 2 nitrogen and oxygen atoms in total. The van der Waals surface area contributed by atoms with Crippen LogP contribution in [0.3, 0.4) is 0 Å². The molecule has 0 saturated heterocycles. The second kappa shape index (κ2) is 5.24. The lowest BCUT2D eigenvalue weighted by Gasteiger charge is -2.30. The Bertz CT molecular complexity index is 390. The molecule has 0 bridgehead atoms. The molecule has 1 aromatic carbocycles. The van der Waals surface area contributed by atoms with Crippen LogP contribution >= 0.6 is 22.6 Å². The van der Waals surface area contributed by atoms with Crippen LogP contribution in [0.15, 0.2) is 18.2 Å². The summed E-state index contributed by atoms with van der Waals surface area (Å²) in [7, 11) is 3.34. The van der Waals surface area contributed by atoms with E-state index in [9.17, 15) is 0 Å². The van der Waals surface area contributed by atoms with Crippen molar-refractivity contribution in [2.75, 3.05) is 14.2 Å². The zero-order valence-electron chi connectivity index (χ0n) is 11.4. The molecule has 0 aromatic heterocycles. The second-order valence-electron chi connectivity index (χ2n) is 5.30. The topological polar surface area (TPSA) is 18.5 Å². The summed E-state index contributed by atoms with van der Waals surface area (Å²) in [5.41, 5.74) is 2.49. The van der Waals surface area contributed by atoms with E-state index in [-0.39, 0.29) is 5.41 Å². The summed E-state index contributed by atoms with van der Waals surface area (Å²) in [6, 6.07) is 6.46.